The van der Waals surface area contributed by atoms with Crippen molar-refractivity contribution in [3.8, 4) is 5.75 Å². The van der Waals surface area contributed by atoms with E-state index in [0.717, 1.165) is 22.3 Å². The summed E-state index contributed by atoms with van der Waals surface area (Å²) in [5.74, 6) is 0.713. The van der Waals surface area contributed by atoms with Gasteiger partial charge in [-0.25, -0.2) is 4.68 Å². The van der Waals surface area contributed by atoms with Crippen LogP contribution >= 0.6 is 0 Å². The predicted molar refractivity (Wildman–Crippen MR) is 101 cm³/mol. The highest BCUT2D eigenvalue weighted by Gasteiger charge is 2.30. The van der Waals surface area contributed by atoms with Crippen LogP contribution in [-0.2, 0) is 11.2 Å². The number of carbonyl (C=O) groups excluding carboxylic acids is 1. The summed E-state index contributed by atoms with van der Waals surface area (Å²) in [6.45, 7) is 6.21. The van der Waals surface area contributed by atoms with Gasteiger partial charge in [0.25, 0.3) is 0 Å². The largest absolute Gasteiger partial charge is 0.497 e. The van der Waals surface area contributed by atoms with Crippen LogP contribution in [0.1, 0.15) is 32.5 Å². The second-order valence-corrected chi connectivity index (χ2v) is 7.38. The fraction of sp³-hybridized carbons (Fsp3) is 0.350. The Morgan fingerprint density at radius 2 is 1.85 bits per heavy atom. The van der Waals surface area contributed by atoms with Crippen molar-refractivity contribution in [2.24, 2.45) is 5.41 Å². The number of benzene rings is 2. The Labute approximate surface area is 153 Å². The number of hydrogen-bond acceptors (Lipinski definition) is 4. The van der Waals surface area contributed by atoms with Crippen molar-refractivity contribution in [2.45, 2.75) is 33.4 Å². The number of para-hydroxylation sites is 1. The Kier molecular flexibility index (Phi) is 4.93. The summed E-state index contributed by atoms with van der Waals surface area (Å²) in [5, 5.41) is 11.6. The number of hydrogen-bond donors (Lipinski definition) is 1. The molecule has 1 atom stereocenters. The minimum atomic E-state index is -0.305. The number of nitrogens with zero attached hydrogens (tertiary/aromatic N) is 3. The van der Waals surface area contributed by atoms with Crippen LogP contribution in [0.4, 0.5) is 0 Å². The van der Waals surface area contributed by atoms with Crippen molar-refractivity contribution < 1.29 is 9.53 Å². The van der Waals surface area contributed by atoms with E-state index in [1.165, 1.54) is 0 Å². The van der Waals surface area contributed by atoms with Crippen LogP contribution in [0, 0.1) is 5.41 Å². The Morgan fingerprint density at radius 1 is 1.15 bits per heavy atom. The minimum Gasteiger partial charge on any atom is -0.497 e. The van der Waals surface area contributed by atoms with Crippen LogP contribution in [0.2, 0.25) is 0 Å². The second kappa shape index (κ2) is 7.15. The van der Waals surface area contributed by atoms with Gasteiger partial charge in [-0.3, -0.25) is 4.79 Å². The van der Waals surface area contributed by atoms with Gasteiger partial charge < -0.3 is 10.1 Å². The Hall–Kier alpha value is -2.89. The van der Waals surface area contributed by atoms with Crippen LogP contribution in [0.15, 0.2) is 48.5 Å². The van der Waals surface area contributed by atoms with Gasteiger partial charge in [-0.1, -0.05) is 50.3 Å². The predicted octanol–water partition coefficient (Wildman–Crippen LogP) is 3.34. The van der Waals surface area contributed by atoms with Gasteiger partial charge in [0, 0.05) is 5.41 Å². The molecule has 136 valence electrons. The lowest BCUT2D eigenvalue weighted by molar-refractivity contribution is -0.123. The molecule has 1 heterocycles. The summed E-state index contributed by atoms with van der Waals surface area (Å²) >= 11 is 0. The molecule has 1 amide bonds. The molecule has 26 heavy (non-hydrogen) atoms. The molecular weight excluding hydrogens is 328 g/mol. The number of aromatic nitrogens is 3. The van der Waals surface area contributed by atoms with Crippen molar-refractivity contribution in [2.75, 3.05) is 7.11 Å². The maximum Gasteiger partial charge on any atom is 0.226 e. The first-order valence-corrected chi connectivity index (χ1v) is 8.61. The molecule has 1 unspecified atom stereocenters. The summed E-state index contributed by atoms with van der Waals surface area (Å²) < 4.78 is 6.95. The van der Waals surface area contributed by atoms with Gasteiger partial charge in [-0.05, 0) is 29.8 Å². The van der Waals surface area contributed by atoms with E-state index in [-0.39, 0.29) is 17.5 Å². The second-order valence-electron chi connectivity index (χ2n) is 7.38. The summed E-state index contributed by atoms with van der Waals surface area (Å²) in [6.07, 6.45) is -0.0101. The lowest BCUT2D eigenvalue weighted by atomic mass is 9.92. The maximum atomic E-state index is 12.7. The molecule has 0 saturated carbocycles. The van der Waals surface area contributed by atoms with Gasteiger partial charge in [0.15, 0.2) is 0 Å². The van der Waals surface area contributed by atoms with Gasteiger partial charge in [-0.2, -0.15) is 0 Å². The molecule has 1 N–H and O–H groups in total. The number of nitrogens with one attached hydrogen (secondary N) is 1. The Balaban J connectivity index is 1.81. The summed E-state index contributed by atoms with van der Waals surface area (Å²) in [6, 6.07) is 15.3. The molecule has 0 bridgehead atoms. The molecule has 0 radical (unpaired) electrons. The maximum absolute atomic E-state index is 12.7. The minimum absolute atomic E-state index is 0.0605. The normalized spacial score (nSPS) is 12.8. The summed E-state index contributed by atoms with van der Waals surface area (Å²) in [7, 11) is 1.62. The third-order valence-electron chi connectivity index (χ3n) is 4.26. The van der Waals surface area contributed by atoms with Gasteiger partial charge in [0.1, 0.15) is 17.4 Å². The highest BCUT2D eigenvalue weighted by atomic mass is 16.5. The van der Waals surface area contributed by atoms with Crippen molar-refractivity contribution in [1.29, 1.82) is 0 Å². The molecule has 6 nitrogen and oxygen atoms in total. The third kappa shape index (κ3) is 3.85. The topological polar surface area (TPSA) is 69.0 Å². The lowest BCUT2D eigenvalue weighted by Crippen LogP contribution is -2.41. The number of fused-ring (bicyclic) bond motifs is 1. The van der Waals surface area contributed by atoms with E-state index in [4.69, 9.17) is 4.74 Å². The van der Waals surface area contributed by atoms with E-state index in [1.54, 1.807) is 11.8 Å². The van der Waals surface area contributed by atoms with Crippen molar-refractivity contribution >= 4 is 16.9 Å². The van der Waals surface area contributed by atoms with Crippen molar-refractivity contribution in [3.63, 3.8) is 0 Å². The zero-order valence-corrected chi connectivity index (χ0v) is 15.6. The summed E-state index contributed by atoms with van der Waals surface area (Å²) in [5.41, 5.74) is 2.41. The van der Waals surface area contributed by atoms with Crippen LogP contribution in [0.5, 0.6) is 5.75 Å². The monoisotopic (exact) mass is 352 g/mol. The number of methoxy groups -OCH3 is 1. The lowest BCUT2D eigenvalue weighted by Gasteiger charge is -2.31. The molecular formula is C20H24N4O2. The Bertz CT molecular complexity index is 894. The number of carbonyl (C=O) groups is 1. The number of amides is 1. The molecule has 1 aromatic heterocycles. The molecule has 6 heteroatoms. The van der Waals surface area contributed by atoms with Gasteiger partial charge in [0.2, 0.25) is 5.91 Å². The fourth-order valence-corrected chi connectivity index (χ4v) is 2.85. The highest BCUT2D eigenvalue weighted by Crippen LogP contribution is 2.30. The highest BCUT2D eigenvalue weighted by molar-refractivity contribution is 5.79. The molecule has 0 spiro atoms. The van der Waals surface area contributed by atoms with Gasteiger partial charge >= 0.3 is 0 Å². The van der Waals surface area contributed by atoms with E-state index in [9.17, 15) is 4.79 Å². The molecule has 0 aliphatic heterocycles. The zero-order valence-electron chi connectivity index (χ0n) is 15.6. The van der Waals surface area contributed by atoms with Gasteiger partial charge in [0.05, 0.1) is 19.0 Å². The first-order chi connectivity index (χ1) is 12.4. The number of rotatable bonds is 5. The molecule has 0 saturated heterocycles. The molecule has 3 aromatic rings. The molecule has 3 rings (SSSR count). The van der Waals surface area contributed by atoms with Crippen LogP contribution < -0.4 is 10.1 Å². The number of ether oxygens (including phenoxy) is 1. The van der Waals surface area contributed by atoms with Crippen molar-refractivity contribution in [1.82, 2.24) is 20.3 Å². The average molecular weight is 352 g/mol. The zero-order chi connectivity index (χ0) is 18.7. The molecule has 2 aromatic carbocycles. The molecule has 0 aliphatic carbocycles. The first kappa shape index (κ1) is 17.9. The smallest absolute Gasteiger partial charge is 0.226 e. The molecule has 0 aliphatic rings. The molecule has 0 fully saturated rings. The fourth-order valence-electron chi connectivity index (χ4n) is 2.85. The third-order valence-corrected chi connectivity index (χ3v) is 4.26. The average Bonchev–Trinajstić information content (AvgIpc) is 3.03. The van der Waals surface area contributed by atoms with E-state index < -0.39 is 0 Å². The van der Waals surface area contributed by atoms with Gasteiger partial charge in [-0.15, -0.1) is 5.10 Å². The van der Waals surface area contributed by atoms with Crippen LogP contribution in [0.25, 0.3) is 11.0 Å². The van der Waals surface area contributed by atoms with Crippen LogP contribution in [-0.4, -0.2) is 28.0 Å². The van der Waals surface area contributed by atoms with E-state index >= 15 is 0 Å². The Morgan fingerprint density at radius 3 is 2.50 bits per heavy atom. The summed E-state index contributed by atoms with van der Waals surface area (Å²) in [4.78, 5) is 12.7. The van der Waals surface area contributed by atoms with Crippen molar-refractivity contribution in [3.05, 3.63) is 54.1 Å². The standard InChI is InChI=1S/C20H24N4O2/c1-20(2,3)19(24-17-8-6-5-7-16(17)22-23-24)21-18(25)13-14-9-11-15(26-4)12-10-14/h5-12,19H,13H2,1-4H3,(H,21,25). The quantitative estimate of drug-likeness (QED) is 0.765. The SMILES string of the molecule is COc1ccc(CC(=O)NC(n2nnc3ccccc32)C(C)(C)C)cc1. The van der Waals surface area contributed by atoms with Crippen LogP contribution in [0.3, 0.4) is 0 Å². The first-order valence-electron chi connectivity index (χ1n) is 8.61. The van der Waals surface area contributed by atoms with E-state index in [1.807, 2.05) is 48.5 Å². The van der Waals surface area contributed by atoms with E-state index in [2.05, 4.69) is 36.4 Å². The van der Waals surface area contributed by atoms with E-state index in [0.29, 0.717) is 6.42 Å².